The first kappa shape index (κ1) is 24.1. The lowest BCUT2D eigenvalue weighted by atomic mass is 10.2. The Kier molecular flexibility index (Phi) is 8.69. The molecule has 0 aliphatic carbocycles. The Morgan fingerprint density at radius 1 is 0.970 bits per heavy atom. The van der Waals surface area contributed by atoms with Gasteiger partial charge in [0.15, 0.2) is 11.5 Å². The predicted octanol–water partition coefficient (Wildman–Crippen LogP) is 4.46. The summed E-state index contributed by atoms with van der Waals surface area (Å²) in [5, 5.41) is 6.99. The van der Waals surface area contributed by atoms with Gasteiger partial charge in [-0.1, -0.05) is 53.5 Å². The molecule has 0 spiro atoms. The smallest absolute Gasteiger partial charge is 0.259 e. The van der Waals surface area contributed by atoms with Gasteiger partial charge in [0.2, 0.25) is 0 Å². The highest BCUT2D eigenvalue weighted by atomic mass is 35.5. The van der Waals surface area contributed by atoms with Gasteiger partial charge in [-0.2, -0.15) is 5.10 Å². The zero-order valence-electron chi connectivity index (χ0n) is 17.7. The van der Waals surface area contributed by atoms with E-state index in [2.05, 4.69) is 15.8 Å². The number of hydrogen-bond donors (Lipinski definition) is 2. The lowest BCUT2D eigenvalue weighted by Gasteiger charge is -2.11. The predicted molar refractivity (Wildman–Crippen MR) is 128 cm³/mol. The molecule has 0 saturated carbocycles. The highest BCUT2D eigenvalue weighted by Gasteiger charge is 2.10. The van der Waals surface area contributed by atoms with Crippen molar-refractivity contribution in [2.45, 2.75) is 6.61 Å². The molecule has 0 fully saturated rings. The molecule has 3 aromatic carbocycles. The molecule has 0 aliphatic heterocycles. The summed E-state index contributed by atoms with van der Waals surface area (Å²) in [5.74, 6) is 0.181. The van der Waals surface area contributed by atoms with Crippen molar-refractivity contribution < 1.29 is 19.1 Å². The topological polar surface area (TPSA) is 89.0 Å². The number of carbonyl (C=O) groups is 2. The molecule has 3 rings (SSSR count). The highest BCUT2D eigenvalue weighted by Crippen LogP contribution is 2.28. The summed E-state index contributed by atoms with van der Waals surface area (Å²) in [5.41, 5.74) is 4.38. The first-order chi connectivity index (χ1) is 16.0. The Balaban J connectivity index is 1.50. The summed E-state index contributed by atoms with van der Waals surface area (Å²) in [6.07, 6.45) is 1.46. The van der Waals surface area contributed by atoms with Crippen molar-refractivity contribution in [3.8, 4) is 11.5 Å². The van der Waals surface area contributed by atoms with E-state index in [0.29, 0.717) is 34.3 Å². The van der Waals surface area contributed by atoms with Gasteiger partial charge in [-0.3, -0.25) is 9.59 Å². The fourth-order valence-electron chi connectivity index (χ4n) is 2.74. The van der Waals surface area contributed by atoms with Crippen LogP contribution in [0.15, 0.2) is 71.8 Å². The van der Waals surface area contributed by atoms with E-state index in [1.54, 1.807) is 25.3 Å². The second kappa shape index (κ2) is 11.9. The Morgan fingerprint density at radius 3 is 2.48 bits per heavy atom. The number of hydrogen-bond acceptors (Lipinski definition) is 5. The summed E-state index contributed by atoms with van der Waals surface area (Å²) in [6.45, 7) is 0.153. The molecule has 0 saturated heterocycles. The minimum absolute atomic E-state index is 0.255. The molecule has 0 radical (unpaired) electrons. The highest BCUT2D eigenvalue weighted by molar-refractivity contribution is 6.42. The monoisotopic (exact) mass is 485 g/mol. The van der Waals surface area contributed by atoms with Crippen LogP contribution in [0.2, 0.25) is 10.0 Å². The summed E-state index contributed by atoms with van der Waals surface area (Å²) in [6, 6.07) is 19.5. The van der Waals surface area contributed by atoms with Crippen LogP contribution in [0.1, 0.15) is 21.5 Å². The van der Waals surface area contributed by atoms with Crippen LogP contribution in [-0.2, 0) is 11.4 Å². The number of nitrogens with zero attached hydrogens (tertiary/aromatic N) is 1. The van der Waals surface area contributed by atoms with Gasteiger partial charge in [0.05, 0.1) is 29.9 Å². The Bertz CT molecular complexity index is 1150. The Labute approximate surface area is 201 Å². The molecule has 7 nitrogen and oxygen atoms in total. The third kappa shape index (κ3) is 7.24. The van der Waals surface area contributed by atoms with E-state index in [-0.39, 0.29) is 11.6 Å². The van der Waals surface area contributed by atoms with Gasteiger partial charge in [-0.15, -0.1) is 0 Å². The number of carbonyl (C=O) groups excluding carboxylic acids is 2. The van der Waals surface area contributed by atoms with Gasteiger partial charge in [0.25, 0.3) is 11.8 Å². The second-order valence-corrected chi connectivity index (χ2v) is 7.60. The van der Waals surface area contributed by atoms with Crippen LogP contribution in [0.5, 0.6) is 11.5 Å². The van der Waals surface area contributed by atoms with Crippen LogP contribution in [-0.4, -0.2) is 31.7 Å². The van der Waals surface area contributed by atoms with Gasteiger partial charge in [-0.05, 0) is 47.5 Å². The van der Waals surface area contributed by atoms with E-state index in [4.69, 9.17) is 32.7 Å². The zero-order chi connectivity index (χ0) is 23.6. The standard InChI is InChI=1S/C24H21Cl2N3O4/c1-32-22-11-17(7-10-21(22)33-15-16-5-3-2-4-6-16)13-28-29-23(30)14-27-24(31)18-8-9-19(25)20(26)12-18/h2-13H,14-15H2,1H3,(H,27,31)(H,29,30)/b28-13+. The minimum atomic E-state index is -0.491. The lowest BCUT2D eigenvalue weighted by molar-refractivity contribution is -0.120. The van der Waals surface area contributed by atoms with Gasteiger partial charge in [0.1, 0.15) is 6.61 Å². The number of hydrazone groups is 1. The number of rotatable bonds is 9. The summed E-state index contributed by atoms with van der Waals surface area (Å²) in [4.78, 5) is 24.1. The average Bonchev–Trinajstić information content (AvgIpc) is 2.83. The van der Waals surface area contributed by atoms with Gasteiger partial charge >= 0.3 is 0 Å². The fourth-order valence-corrected chi connectivity index (χ4v) is 3.04. The maximum absolute atomic E-state index is 12.1. The third-order valence-corrected chi connectivity index (χ3v) is 5.16. The summed E-state index contributed by atoms with van der Waals surface area (Å²) < 4.78 is 11.2. The van der Waals surface area contributed by atoms with Crippen molar-refractivity contribution >= 4 is 41.2 Å². The summed E-state index contributed by atoms with van der Waals surface area (Å²) in [7, 11) is 1.55. The molecule has 0 aromatic heterocycles. The number of amides is 2. The van der Waals surface area contributed by atoms with Crippen molar-refractivity contribution in [1.29, 1.82) is 0 Å². The van der Waals surface area contributed by atoms with Gasteiger partial charge < -0.3 is 14.8 Å². The fraction of sp³-hybridized carbons (Fsp3) is 0.125. The zero-order valence-corrected chi connectivity index (χ0v) is 19.2. The molecule has 2 amide bonds. The number of nitrogens with one attached hydrogen (secondary N) is 2. The number of halogens is 2. The molecular formula is C24H21Cl2N3O4. The number of ether oxygens (including phenoxy) is 2. The van der Waals surface area contributed by atoms with Crippen molar-refractivity contribution in [3.05, 3.63) is 93.5 Å². The molecule has 0 bridgehead atoms. The maximum atomic E-state index is 12.1. The van der Waals surface area contributed by atoms with Crippen LogP contribution >= 0.6 is 23.2 Å². The largest absolute Gasteiger partial charge is 0.493 e. The number of methoxy groups -OCH3 is 1. The SMILES string of the molecule is COc1cc(/C=N/NC(=O)CNC(=O)c2ccc(Cl)c(Cl)c2)ccc1OCc1ccccc1. The average molecular weight is 486 g/mol. The Hall–Kier alpha value is -3.55. The lowest BCUT2D eigenvalue weighted by Crippen LogP contribution is -2.34. The van der Waals surface area contributed by atoms with E-state index in [1.165, 1.54) is 24.4 Å². The van der Waals surface area contributed by atoms with E-state index in [0.717, 1.165) is 5.56 Å². The quantitative estimate of drug-likeness (QED) is 0.345. The molecule has 0 aliphatic rings. The molecule has 0 unspecified atom stereocenters. The van der Waals surface area contributed by atoms with Crippen molar-refractivity contribution in [2.75, 3.05) is 13.7 Å². The third-order valence-electron chi connectivity index (χ3n) is 4.42. The van der Waals surface area contributed by atoms with Crippen LogP contribution in [0.25, 0.3) is 0 Å². The van der Waals surface area contributed by atoms with Crippen LogP contribution in [0, 0.1) is 0 Å². The molecule has 170 valence electrons. The second-order valence-electron chi connectivity index (χ2n) is 6.79. The van der Waals surface area contributed by atoms with Crippen molar-refractivity contribution in [1.82, 2.24) is 10.7 Å². The molecule has 0 heterocycles. The van der Waals surface area contributed by atoms with Crippen molar-refractivity contribution in [3.63, 3.8) is 0 Å². The molecule has 2 N–H and O–H groups in total. The maximum Gasteiger partial charge on any atom is 0.259 e. The van der Waals surface area contributed by atoms with Gasteiger partial charge in [-0.25, -0.2) is 5.43 Å². The molecule has 9 heteroatoms. The minimum Gasteiger partial charge on any atom is -0.493 e. The summed E-state index contributed by atoms with van der Waals surface area (Å²) >= 11 is 11.7. The van der Waals surface area contributed by atoms with E-state index < -0.39 is 11.8 Å². The number of benzene rings is 3. The van der Waals surface area contributed by atoms with E-state index >= 15 is 0 Å². The van der Waals surface area contributed by atoms with Crippen LogP contribution in [0.4, 0.5) is 0 Å². The Morgan fingerprint density at radius 2 is 1.76 bits per heavy atom. The van der Waals surface area contributed by atoms with Crippen LogP contribution < -0.4 is 20.2 Å². The first-order valence-corrected chi connectivity index (χ1v) is 10.6. The van der Waals surface area contributed by atoms with E-state index in [1.807, 2.05) is 30.3 Å². The molecule has 33 heavy (non-hydrogen) atoms. The van der Waals surface area contributed by atoms with E-state index in [9.17, 15) is 9.59 Å². The molecular weight excluding hydrogens is 465 g/mol. The molecule has 0 atom stereocenters. The van der Waals surface area contributed by atoms with Gasteiger partial charge in [0, 0.05) is 5.56 Å². The molecule has 3 aromatic rings. The van der Waals surface area contributed by atoms with Crippen LogP contribution in [0.3, 0.4) is 0 Å². The normalized spacial score (nSPS) is 10.6. The first-order valence-electron chi connectivity index (χ1n) is 9.86. The van der Waals surface area contributed by atoms with Crippen molar-refractivity contribution in [2.24, 2.45) is 5.10 Å².